The minimum atomic E-state index is -2.99. The molecule has 5 aliphatic heterocycles. The average molecular weight is 772 g/mol. The molecule has 5 atom stereocenters. The molecule has 2 spiro atoms. The van der Waals surface area contributed by atoms with Gasteiger partial charge in [0, 0.05) is 40.0 Å². The molecule has 0 bridgehead atoms. The van der Waals surface area contributed by atoms with Gasteiger partial charge in [-0.3, -0.25) is 19.3 Å². The second-order valence-corrected chi connectivity index (χ2v) is 20.7. The summed E-state index contributed by atoms with van der Waals surface area (Å²) < 4.78 is 6.88. The number of nitrogens with zero attached hydrogens (tertiary/aromatic N) is 4. The van der Waals surface area contributed by atoms with Crippen molar-refractivity contribution in [3.63, 3.8) is 0 Å². The van der Waals surface area contributed by atoms with Crippen molar-refractivity contribution in [2.45, 2.75) is 87.5 Å². The predicted octanol–water partition coefficient (Wildman–Crippen LogP) is 4.99. The summed E-state index contributed by atoms with van der Waals surface area (Å²) in [6.45, 7) is 8.38. The lowest BCUT2D eigenvalue weighted by atomic mass is 9.82. The molecule has 3 amide bonds. The molecule has 5 heterocycles. The summed E-state index contributed by atoms with van der Waals surface area (Å²) in [6.07, 6.45) is 2.36. The number of aliphatic hydroxyl groups is 1. The molecule has 54 heavy (non-hydrogen) atoms. The van der Waals surface area contributed by atoms with Crippen LogP contribution in [0.15, 0.2) is 72.8 Å². The third-order valence-corrected chi connectivity index (χ3v) is 15.5. The molecule has 0 saturated carbocycles. The van der Waals surface area contributed by atoms with Gasteiger partial charge in [-0.05, 0) is 99.9 Å². The molecule has 4 fully saturated rings. The second-order valence-electron chi connectivity index (χ2n) is 16.3. The van der Waals surface area contributed by atoms with Gasteiger partial charge in [0.15, 0.2) is 13.9 Å². The lowest BCUT2D eigenvalue weighted by Gasteiger charge is -2.39. The van der Waals surface area contributed by atoms with Crippen molar-refractivity contribution in [2.24, 2.45) is 5.92 Å². The number of aliphatic hydroxyl groups excluding tert-OH is 1. The van der Waals surface area contributed by atoms with Gasteiger partial charge in [0.2, 0.25) is 5.91 Å². The highest BCUT2D eigenvalue weighted by Gasteiger charge is 2.66. The summed E-state index contributed by atoms with van der Waals surface area (Å²) in [5.74, 6) is -0.718. The largest absolute Gasteiger partial charge is 0.432 e. The first-order valence-electron chi connectivity index (χ1n) is 19.3. The van der Waals surface area contributed by atoms with E-state index in [1.54, 1.807) is 21.9 Å². The lowest BCUT2D eigenvalue weighted by Crippen LogP contribution is -2.55. The number of carbonyl (C=O) groups is 3. The van der Waals surface area contributed by atoms with Crippen LogP contribution in [-0.2, 0) is 31.3 Å². The van der Waals surface area contributed by atoms with Crippen LogP contribution < -0.4 is 20.0 Å². The number of fused-ring (bicyclic) bond motifs is 2. The Balaban J connectivity index is 1.07. The van der Waals surface area contributed by atoms with Crippen LogP contribution in [0.2, 0.25) is 23.7 Å². The smallest absolute Gasteiger partial charge is 0.264 e. The molecule has 286 valence electrons. The number of hydrogen-bond donors (Lipinski definition) is 3. The fourth-order valence-electron chi connectivity index (χ4n) is 10.2. The van der Waals surface area contributed by atoms with Gasteiger partial charge in [-0.1, -0.05) is 48.9 Å². The average Bonchev–Trinajstić information content (AvgIpc) is 3.89. The number of carbonyl (C=O) groups excluding carboxylic acids is 3. The molecule has 11 nitrogen and oxygen atoms in total. The first kappa shape index (κ1) is 37.2. The second kappa shape index (κ2) is 14.1. The number of anilines is 3. The van der Waals surface area contributed by atoms with Gasteiger partial charge in [-0.25, -0.2) is 0 Å². The molecule has 8 rings (SSSR count). The van der Waals surface area contributed by atoms with Crippen LogP contribution in [0.3, 0.4) is 0 Å². The molecule has 5 aliphatic rings. The fraction of sp³-hybridized carbons (Fsp3) is 0.488. The number of nitrogens with one attached hydrogen (secondary N) is 1. The minimum absolute atomic E-state index is 0.0175. The van der Waals surface area contributed by atoms with Gasteiger partial charge < -0.3 is 34.7 Å². The number of benzene rings is 3. The number of ether oxygens (including phenoxy) is 1. The first-order chi connectivity index (χ1) is 25.9. The molecule has 4 saturated heterocycles. The third-order valence-electron chi connectivity index (χ3n) is 12.8. The van der Waals surface area contributed by atoms with E-state index >= 15 is 0 Å². The fourth-order valence-corrected chi connectivity index (χ4v) is 12.9. The van der Waals surface area contributed by atoms with E-state index in [-0.39, 0.29) is 43.3 Å². The summed E-state index contributed by atoms with van der Waals surface area (Å²) in [5.41, 5.74) is 1.59. The van der Waals surface area contributed by atoms with Crippen LogP contribution in [0, 0.1) is 5.92 Å². The summed E-state index contributed by atoms with van der Waals surface area (Å²) in [5, 5.41) is 13.8. The van der Waals surface area contributed by atoms with E-state index in [1.165, 1.54) is 0 Å². The van der Waals surface area contributed by atoms with Crippen molar-refractivity contribution in [1.82, 2.24) is 10.2 Å². The molecule has 0 aromatic heterocycles. The Bertz CT molecular complexity index is 1920. The normalized spacial score (nSPS) is 27.9. The Morgan fingerprint density at radius 1 is 1.00 bits per heavy atom. The van der Waals surface area contributed by atoms with E-state index < -0.39 is 37.0 Å². The van der Waals surface area contributed by atoms with Gasteiger partial charge in [0.05, 0.1) is 44.1 Å². The Labute approximate surface area is 322 Å². The van der Waals surface area contributed by atoms with Gasteiger partial charge in [0.25, 0.3) is 11.8 Å². The maximum atomic E-state index is 14.9. The van der Waals surface area contributed by atoms with E-state index in [2.05, 4.69) is 22.3 Å². The molecule has 0 radical (unpaired) electrons. The molecule has 0 unspecified atom stereocenters. The maximum absolute atomic E-state index is 14.9. The molecule has 3 aromatic carbocycles. The Hall–Kier alpha value is -3.78. The number of likely N-dealkylation sites (tertiary alicyclic amines) is 1. The zero-order valence-electron chi connectivity index (χ0n) is 31.2. The quantitative estimate of drug-likeness (QED) is 0.274. The van der Waals surface area contributed by atoms with Crippen LogP contribution in [-0.4, -0.2) is 91.4 Å². The first-order valence-corrected chi connectivity index (χ1v) is 22.7. The van der Waals surface area contributed by atoms with Gasteiger partial charge >= 0.3 is 0 Å². The molecule has 3 aromatic rings. The van der Waals surface area contributed by atoms with Crippen LogP contribution >= 0.6 is 11.6 Å². The monoisotopic (exact) mass is 771 g/mol. The summed E-state index contributed by atoms with van der Waals surface area (Å²) in [7, 11) is -2.99. The zero-order chi connectivity index (χ0) is 38.0. The van der Waals surface area contributed by atoms with Crippen molar-refractivity contribution in [2.75, 3.05) is 47.6 Å². The SMILES string of the molecule is C[C@@H]1[C@@H]([Si](C)(C)O)[C@H](CC(=O)N2CCC[C@H]2CO)O[C@@]12C(=O)N(Cc1ccc(N3CN(c4ccccc4)C4(CCNCC4)C3=O)cc1)c1ccc(Cl)cc12. The molecular formula is C41H50ClN5O6Si. The number of halogens is 1. The summed E-state index contributed by atoms with van der Waals surface area (Å²) in [4.78, 5) is 62.1. The Morgan fingerprint density at radius 2 is 1.72 bits per heavy atom. The number of amides is 3. The number of rotatable bonds is 8. The minimum Gasteiger partial charge on any atom is -0.432 e. The van der Waals surface area contributed by atoms with Gasteiger partial charge in [-0.15, -0.1) is 0 Å². The number of piperidine rings is 1. The third kappa shape index (κ3) is 5.97. The van der Waals surface area contributed by atoms with E-state index in [4.69, 9.17) is 16.3 Å². The molecular weight excluding hydrogens is 722 g/mol. The molecule has 3 N–H and O–H groups in total. The van der Waals surface area contributed by atoms with E-state index in [9.17, 15) is 24.3 Å². The molecule has 0 aliphatic carbocycles. The van der Waals surface area contributed by atoms with Crippen molar-refractivity contribution >= 4 is 54.7 Å². The van der Waals surface area contributed by atoms with Crippen LogP contribution in [0.4, 0.5) is 17.1 Å². The lowest BCUT2D eigenvalue weighted by molar-refractivity contribution is -0.150. The standard InChI is InChI=1S/C41H50ClN5O6Si/c1-27-37(54(2,3)52)35(23-36(49)44-21-7-10-32(44)25-48)53-41(27)33-22-29(42)13-16-34(33)45(39(41)51)24-28-11-14-30(15-12-28)46-26-47(31-8-5-4-6-9-31)40(38(46)50)17-19-43-20-18-40/h4-6,8-9,11-16,22,27,32,35,37,43,48,52H,7,10,17-21,23-26H2,1-3H3/t27-,32+,35+,37-,41+/m1/s1. The predicted molar refractivity (Wildman–Crippen MR) is 211 cm³/mol. The topological polar surface area (TPSA) is 126 Å². The van der Waals surface area contributed by atoms with Crippen LogP contribution in [0.1, 0.15) is 50.2 Å². The number of para-hydroxylation sites is 1. The van der Waals surface area contributed by atoms with Gasteiger partial charge in [0.1, 0.15) is 5.54 Å². The summed E-state index contributed by atoms with van der Waals surface area (Å²) in [6, 6.07) is 23.2. The Morgan fingerprint density at radius 3 is 2.41 bits per heavy atom. The van der Waals surface area contributed by atoms with Crippen molar-refractivity contribution < 1.29 is 29.0 Å². The maximum Gasteiger partial charge on any atom is 0.264 e. The van der Waals surface area contributed by atoms with Crippen LogP contribution in [0.25, 0.3) is 0 Å². The highest BCUT2D eigenvalue weighted by atomic mass is 35.5. The Kier molecular flexibility index (Phi) is 9.67. The summed E-state index contributed by atoms with van der Waals surface area (Å²) >= 11 is 6.60. The van der Waals surface area contributed by atoms with Crippen molar-refractivity contribution in [1.29, 1.82) is 0 Å². The van der Waals surface area contributed by atoms with Crippen LogP contribution in [0.5, 0.6) is 0 Å². The van der Waals surface area contributed by atoms with Crippen molar-refractivity contribution in [3.8, 4) is 0 Å². The number of hydrogen-bond acceptors (Lipinski definition) is 8. The van der Waals surface area contributed by atoms with E-state index in [0.29, 0.717) is 29.5 Å². The highest BCUT2D eigenvalue weighted by molar-refractivity contribution is 6.71. The van der Waals surface area contributed by atoms with E-state index in [0.717, 1.165) is 55.7 Å². The van der Waals surface area contributed by atoms with E-state index in [1.807, 2.05) is 73.4 Å². The molecule has 13 heteroatoms. The highest BCUT2D eigenvalue weighted by Crippen LogP contribution is 2.60. The zero-order valence-corrected chi connectivity index (χ0v) is 33.0. The van der Waals surface area contributed by atoms with Crippen molar-refractivity contribution in [3.05, 3.63) is 88.9 Å². The van der Waals surface area contributed by atoms with Gasteiger partial charge in [-0.2, -0.15) is 0 Å².